The van der Waals surface area contributed by atoms with Crippen molar-refractivity contribution in [3.05, 3.63) is 28.8 Å². The fourth-order valence-corrected chi connectivity index (χ4v) is 2.98. The van der Waals surface area contributed by atoms with Crippen LogP contribution in [0.1, 0.15) is 23.7 Å². The molecule has 0 spiro atoms. The fourth-order valence-electron chi connectivity index (χ4n) is 1.84. The van der Waals surface area contributed by atoms with E-state index in [-0.39, 0.29) is 10.9 Å². The van der Waals surface area contributed by atoms with E-state index in [9.17, 15) is 13.2 Å². The van der Waals surface area contributed by atoms with Gasteiger partial charge in [0.1, 0.15) is 0 Å². The molecule has 0 unspecified atom stereocenters. The maximum absolute atomic E-state index is 11.9. The van der Waals surface area contributed by atoms with Crippen molar-refractivity contribution in [2.24, 2.45) is 0 Å². The number of benzene rings is 1. The predicted molar refractivity (Wildman–Crippen MR) is 84.9 cm³/mol. The van der Waals surface area contributed by atoms with E-state index < -0.39 is 10.0 Å². The minimum atomic E-state index is -3.20. The van der Waals surface area contributed by atoms with Gasteiger partial charge in [0.2, 0.25) is 10.0 Å². The summed E-state index contributed by atoms with van der Waals surface area (Å²) in [6, 6.07) is 4.85. The second kappa shape index (κ2) is 7.63. The van der Waals surface area contributed by atoms with Gasteiger partial charge in [-0.2, -0.15) is 0 Å². The number of nitrogen functional groups attached to an aromatic ring is 1. The predicted octanol–water partition coefficient (Wildman–Crippen LogP) is 1.32. The van der Waals surface area contributed by atoms with Gasteiger partial charge in [-0.25, -0.2) is 12.7 Å². The van der Waals surface area contributed by atoms with Crippen LogP contribution in [-0.4, -0.2) is 44.5 Å². The molecule has 1 aromatic rings. The highest BCUT2D eigenvalue weighted by Crippen LogP contribution is 2.22. The van der Waals surface area contributed by atoms with Gasteiger partial charge in [0, 0.05) is 19.6 Å². The number of carbonyl (C=O) groups excluding carboxylic acids is 1. The number of sulfonamides is 1. The van der Waals surface area contributed by atoms with Crippen LogP contribution in [0.3, 0.4) is 0 Å². The molecule has 21 heavy (non-hydrogen) atoms. The Bertz CT molecular complexity index is 605. The molecule has 0 bridgehead atoms. The van der Waals surface area contributed by atoms with Crippen molar-refractivity contribution in [2.45, 2.75) is 13.3 Å². The summed E-state index contributed by atoms with van der Waals surface area (Å²) in [6.45, 7) is 2.90. The molecule has 118 valence electrons. The Labute approximate surface area is 130 Å². The van der Waals surface area contributed by atoms with Gasteiger partial charge >= 0.3 is 0 Å². The molecule has 0 aliphatic carbocycles. The second-order valence-corrected chi connectivity index (χ2v) is 6.93. The first-order chi connectivity index (χ1) is 9.77. The van der Waals surface area contributed by atoms with Crippen LogP contribution < -0.4 is 11.1 Å². The summed E-state index contributed by atoms with van der Waals surface area (Å²) in [5, 5.41) is 2.92. The first-order valence-corrected chi connectivity index (χ1v) is 8.77. The molecule has 0 aliphatic heterocycles. The van der Waals surface area contributed by atoms with Crippen LogP contribution in [0, 0.1) is 0 Å². The molecular weight excluding hydrogens is 314 g/mol. The van der Waals surface area contributed by atoms with E-state index >= 15 is 0 Å². The lowest BCUT2D eigenvalue weighted by molar-refractivity contribution is 0.0953. The molecule has 0 aromatic heterocycles. The Morgan fingerprint density at radius 3 is 2.67 bits per heavy atom. The number of nitrogens with two attached hydrogens (primary N) is 1. The van der Waals surface area contributed by atoms with E-state index in [2.05, 4.69) is 5.32 Å². The quantitative estimate of drug-likeness (QED) is 0.581. The van der Waals surface area contributed by atoms with E-state index in [0.29, 0.717) is 37.3 Å². The Hall–Kier alpha value is -1.31. The highest BCUT2D eigenvalue weighted by Gasteiger charge is 2.14. The van der Waals surface area contributed by atoms with Crippen molar-refractivity contribution in [1.29, 1.82) is 0 Å². The highest BCUT2D eigenvalue weighted by molar-refractivity contribution is 7.88. The molecule has 0 heterocycles. The number of amides is 1. The normalized spacial score (nSPS) is 11.6. The smallest absolute Gasteiger partial charge is 0.252 e. The molecule has 0 saturated heterocycles. The lowest BCUT2D eigenvalue weighted by atomic mass is 10.2. The maximum Gasteiger partial charge on any atom is 0.252 e. The third kappa shape index (κ3) is 5.18. The van der Waals surface area contributed by atoms with E-state index in [1.807, 2.05) is 0 Å². The molecule has 0 atom stereocenters. The number of rotatable bonds is 7. The lowest BCUT2D eigenvalue weighted by Gasteiger charge is -2.17. The molecule has 0 fully saturated rings. The van der Waals surface area contributed by atoms with Crippen LogP contribution in [0.4, 0.5) is 5.69 Å². The van der Waals surface area contributed by atoms with Crippen molar-refractivity contribution >= 4 is 33.2 Å². The minimum Gasteiger partial charge on any atom is -0.398 e. The number of nitrogens with zero attached hydrogens (tertiary/aromatic N) is 1. The largest absolute Gasteiger partial charge is 0.398 e. The number of hydrogen-bond donors (Lipinski definition) is 2. The number of nitrogens with one attached hydrogen (secondary N) is 1. The summed E-state index contributed by atoms with van der Waals surface area (Å²) in [5.41, 5.74) is 6.29. The molecule has 0 saturated carbocycles. The second-order valence-electron chi connectivity index (χ2n) is 4.57. The average molecular weight is 334 g/mol. The van der Waals surface area contributed by atoms with Crippen molar-refractivity contribution in [3.63, 3.8) is 0 Å². The van der Waals surface area contributed by atoms with Crippen LogP contribution in [-0.2, 0) is 10.0 Å². The standard InChI is InChI=1S/C13H20ClN3O3S/c1-3-17(21(2,19)20)9-5-8-16-13(18)10-6-4-7-11(15)12(10)14/h4,6-7H,3,5,8-9,15H2,1-2H3,(H,16,18). The molecule has 1 rings (SSSR count). The fraction of sp³-hybridized carbons (Fsp3) is 0.462. The summed E-state index contributed by atoms with van der Waals surface area (Å²) in [6.07, 6.45) is 1.69. The zero-order valence-corrected chi connectivity index (χ0v) is 13.7. The first kappa shape index (κ1) is 17.7. The van der Waals surface area contributed by atoms with Crippen LogP contribution in [0.25, 0.3) is 0 Å². The third-order valence-corrected chi connectivity index (χ3v) is 4.77. The lowest BCUT2D eigenvalue weighted by Crippen LogP contribution is -2.33. The van der Waals surface area contributed by atoms with Crippen molar-refractivity contribution in [1.82, 2.24) is 9.62 Å². The van der Waals surface area contributed by atoms with Crippen LogP contribution in [0.15, 0.2) is 18.2 Å². The molecule has 3 N–H and O–H groups in total. The maximum atomic E-state index is 11.9. The topological polar surface area (TPSA) is 92.5 Å². The molecule has 0 radical (unpaired) electrons. The van der Waals surface area contributed by atoms with Gasteiger partial charge in [0.25, 0.3) is 5.91 Å². The Morgan fingerprint density at radius 2 is 2.10 bits per heavy atom. The highest BCUT2D eigenvalue weighted by atomic mass is 35.5. The summed E-state index contributed by atoms with van der Waals surface area (Å²) >= 11 is 5.96. The van der Waals surface area contributed by atoms with Crippen LogP contribution in [0.5, 0.6) is 0 Å². The molecular formula is C13H20ClN3O3S. The van der Waals surface area contributed by atoms with Gasteiger partial charge in [0.05, 0.1) is 22.5 Å². The third-order valence-electron chi connectivity index (χ3n) is 2.96. The number of hydrogen-bond acceptors (Lipinski definition) is 4. The monoisotopic (exact) mass is 333 g/mol. The van der Waals surface area contributed by atoms with Gasteiger partial charge in [-0.05, 0) is 18.6 Å². The molecule has 8 heteroatoms. The Balaban J connectivity index is 2.49. The van der Waals surface area contributed by atoms with Crippen molar-refractivity contribution in [2.75, 3.05) is 31.6 Å². The zero-order chi connectivity index (χ0) is 16.0. The molecule has 0 aliphatic rings. The minimum absolute atomic E-state index is 0.223. The van der Waals surface area contributed by atoms with E-state index in [1.54, 1.807) is 25.1 Å². The Morgan fingerprint density at radius 1 is 1.43 bits per heavy atom. The van der Waals surface area contributed by atoms with Crippen LogP contribution in [0.2, 0.25) is 5.02 Å². The van der Waals surface area contributed by atoms with Gasteiger partial charge < -0.3 is 11.1 Å². The average Bonchev–Trinajstić information content (AvgIpc) is 2.40. The van der Waals surface area contributed by atoms with Crippen LogP contribution >= 0.6 is 11.6 Å². The zero-order valence-electron chi connectivity index (χ0n) is 12.1. The van der Waals surface area contributed by atoms with Crippen molar-refractivity contribution in [3.8, 4) is 0 Å². The van der Waals surface area contributed by atoms with Gasteiger partial charge in [0.15, 0.2) is 0 Å². The van der Waals surface area contributed by atoms with Gasteiger partial charge in [-0.15, -0.1) is 0 Å². The van der Waals surface area contributed by atoms with Gasteiger partial charge in [-0.3, -0.25) is 4.79 Å². The van der Waals surface area contributed by atoms with E-state index in [1.165, 1.54) is 10.6 Å². The summed E-state index contributed by atoms with van der Waals surface area (Å²) in [4.78, 5) is 11.9. The van der Waals surface area contributed by atoms with Crippen molar-refractivity contribution < 1.29 is 13.2 Å². The summed E-state index contributed by atoms with van der Waals surface area (Å²) in [7, 11) is -3.20. The van der Waals surface area contributed by atoms with Gasteiger partial charge in [-0.1, -0.05) is 24.6 Å². The molecule has 1 aromatic carbocycles. The molecule has 6 nitrogen and oxygen atoms in total. The van der Waals surface area contributed by atoms with E-state index in [0.717, 1.165) is 0 Å². The summed E-state index contributed by atoms with van der Waals surface area (Å²) < 4.78 is 24.2. The number of halogens is 1. The SMILES string of the molecule is CCN(CCCNC(=O)c1cccc(N)c1Cl)S(C)(=O)=O. The van der Waals surface area contributed by atoms with E-state index in [4.69, 9.17) is 17.3 Å². The molecule has 1 amide bonds. The Kier molecular flexibility index (Phi) is 6.44. The number of carbonyl (C=O) groups is 1. The summed E-state index contributed by atoms with van der Waals surface area (Å²) in [5.74, 6) is -0.324. The number of anilines is 1. The first-order valence-electron chi connectivity index (χ1n) is 6.54.